The van der Waals surface area contributed by atoms with E-state index in [9.17, 15) is 0 Å². The second-order valence-electron chi connectivity index (χ2n) is 12.4. The third-order valence-electron chi connectivity index (χ3n) is 8.33. The van der Waals surface area contributed by atoms with Gasteiger partial charge in [-0.05, 0) is 91.3 Å². The van der Waals surface area contributed by atoms with Crippen molar-refractivity contribution in [2.24, 2.45) is 46.3 Å². The van der Waals surface area contributed by atoms with Crippen LogP contribution in [0.2, 0.25) is 0 Å². The molecule has 0 N–H and O–H groups in total. The SMILES string of the molecule is CC(C)(C)CC1CC2OCC3C4CCC(C(C)(C)C)CC4=CCC3C2C1. The van der Waals surface area contributed by atoms with E-state index in [1.165, 1.54) is 44.9 Å². The van der Waals surface area contributed by atoms with Crippen LogP contribution in [0, 0.1) is 46.3 Å². The molecule has 26 heavy (non-hydrogen) atoms. The molecule has 0 aromatic heterocycles. The molecule has 0 bridgehead atoms. The fraction of sp³-hybridized carbons (Fsp3) is 0.920. The maximum absolute atomic E-state index is 6.53. The minimum absolute atomic E-state index is 0.461. The monoisotopic (exact) mass is 358 g/mol. The average Bonchev–Trinajstić information content (AvgIpc) is 2.93. The number of ether oxygens (including phenoxy) is 1. The van der Waals surface area contributed by atoms with Crippen LogP contribution in [0.3, 0.4) is 0 Å². The van der Waals surface area contributed by atoms with Gasteiger partial charge in [0.2, 0.25) is 0 Å². The Morgan fingerprint density at radius 3 is 2.42 bits per heavy atom. The second-order valence-corrected chi connectivity index (χ2v) is 12.4. The molecule has 0 aromatic carbocycles. The van der Waals surface area contributed by atoms with Crippen LogP contribution in [-0.4, -0.2) is 12.7 Å². The molecular formula is C25H42O. The largest absolute Gasteiger partial charge is 0.378 e. The highest BCUT2D eigenvalue weighted by Gasteiger charge is 2.50. The fourth-order valence-corrected chi connectivity index (χ4v) is 7.11. The third kappa shape index (κ3) is 3.67. The summed E-state index contributed by atoms with van der Waals surface area (Å²) in [5, 5.41) is 0. The van der Waals surface area contributed by atoms with Crippen molar-refractivity contribution in [1.29, 1.82) is 0 Å². The van der Waals surface area contributed by atoms with E-state index >= 15 is 0 Å². The van der Waals surface area contributed by atoms with Crippen molar-refractivity contribution >= 4 is 0 Å². The van der Waals surface area contributed by atoms with Crippen LogP contribution in [0.15, 0.2) is 11.6 Å². The van der Waals surface area contributed by atoms with Crippen molar-refractivity contribution in [2.45, 2.75) is 92.6 Å². The van der Waals surface area contributed by atoms with E-state index in [0.717, 1.165) is 42.1 Å². The summed E-state index contributed by atoms with van der Waals surface area (Å²) in [7, 11) is 0. The summed E-state index contributed by atoms with van der Waals surface area (Å²) in [6.45, 7) is 15.6. The van der Waals surface area contributed by atoms with Gasteiger partial charge in [-0.1, -0.05) is 53.2 Å². The number of allylic oxidation sites excluding steroid dienone is 2. The van der Waals surface area contributed by atoms with Gasteiger partial charge in [0.05, 0.1) is 12.7 Å². The number of fused-ring (bicyclic) bond motifs is 5. The van der Waals surface area contributed by atoms with E-state index < -0.39 is 0 Å². The lowest BCUT2D eigenvalue weighted by Crippen LogP contribution is -2.46. The van der Waals surface area contributed by atoms with Crippen molar-refractivity contribution in [3.8, 4) is 0 Å². The first kappa shape index (κ1) is 19.0. The average molecular weight is 359 g/mol. The van der Waals surface area contributed by atoms with E-state index in [4.69, 9.17) is 4.74 Å². The van der Waals surface area contributed by atoms with E-state index in [0.29, 0.717) is 16.9 Å². The molecule has 0 radical (unpaired) electrons. The molecule has 7 unspecified atom stereocenters. The van der Waals surface area contributed by atoms with Crippen molar-refractivity contribution in [3.05, 3.63) is 11.6 Å². The van der Waals surface area contributed by atoms with Crippen LogP contribution in [0.1, 0.15) is 86.5 Å². The van der Waals surface area contributed by atoms with Crippen LogP contribution in [-0.2, 0) is 4.74 Å². The maximum Gasteiger partial charge on any atom is 0.0609 e. The molecule has 4 aliphatic rings. The number of rotatable bonds is 1. The Hall–Kier alpha value is -0.300. The zero-order chi connectivity index (χ0) is 18.7. The van der Waals surface area contributed by atoms with Gasteiger partial charge in [-0.15, -0.1) is 0 Å². The number of hydrogen-bond acceptors (Lipinski definition) is 1. The quantitative estimate of drug-likeness (QED) is 0.465. The van der Waals surface area contributed by atoms with Crippen molar-refractivity contribution in [1.82, 2.24) is 0 Å². The molecule has 0 amide bonds. The first-order chi connectivity index (χ1) is 12.1. The normalized spacial score (nSPS) is 43.3. The summed E-state index contributed by atoms with van der Waals surface area (Å²) in [6, 6.07) is 0. The third-order valence-corrected chi connectivity index (χ3v) is 8.33. The topological polar surface area (TPSA) is 9.23 Å². The summed E-state index contributed by atoms with van der Waals surface area (Å²) in [5.41, 5.74) is 2.73. The lowest BCUT2D eigenvalue weighted by atomic mass is 9.58. The standard InChI is InChI=1S/C25H42O/c1-24(2,3)14-16-11-21-20-9-7-17-13-18(25(4,5)6)8-10-19(17)22(20)15-26-23(21)12-16/h7,16,18-23H,8-15H2,1-6H3. The number of hydrogen-bond donors (Lipinski definition) is 0. The Balaban J connectivity index is 1.46. The molecule has 148 valence electrons. The molecule has 2 saturated carbocycles. The van der Waals surface area contributed by atoms with Crippen LogP contribution in [0.4, 0.5) is 0 Å². The predicted molar refractivity (Wildman–Crippen MR) is 110 cm³/mol. The van der Waals surface area contributed by atoms with Crippen molar-refractivity contribution < 1.29 is 4.74 Å². The first-order valence-corrected chi connectivity index (χ1v) is 11.4. The van der Waals surface area contributed by atoms with Gasteiger partial charge in [-0.2, -0.15) is 0 Å². The zero-order valence-electron chi connectivity index (χ0n) is 18.2. The first-order valence-electron chi connectivity index (χ1n) is 11.4. The Labute approximate surface area is 162 Å². The van der Waals surface area contributed by atoms with Gasteiger partial charge in [-0.3, -0.25) is 0 Å². The summed E-state index contributed by atoms with van der Waals surface area (Å²) < 4.78 is 6.53. The molecule has 3 aliphatic carbocycles. The molecule has 1 nitrogen and oxygen atoms in total. The van der Waals surface area contributed by atoms with E-state index in [-0.39, 0.29) is 0 Å². The summed E-state index contributed by atoms with van der Waals surface area (Å²) in [4.78, 5) is 0. The van der Waals surface area contributed by atoms with Crippen molar-refractivity contribution in [2.75, 3.05) is 6.61 Å². The van der Waals surface area contributed by atoms with Crippen LogP contribution in [0.25, 0.3) is 0 Å². The van der Waals surface area contributed by atoms with E-state index in [2.05, 4.69) is 47.6 Å². The molecule has 7 atom stereocenters. The van der Waals surface area contributed by atoms with Crippen molar-refractivity contribution in [3.63, 3.8) is 0 Å². The lowest BCUT2D eigenvalue weighted by Gasteiger charge is -2.50. The Morgan fingerprint density at radius 1 is 0.962 bits per heavy atom. The Bertz CT molecular complexity index is 545. The predicted octanol–water partition coefficient (Wildman–Crippen LogP) is 6.87. The Kier molecular flexibility index (Phi) is 4.86. The molecule has 1 saturated heterocycles. The van der Waals surface area contributed by atoms with Gasteiger partial charge in [0.15, 0.2) is 0 Å². The molecular weight excluding hydrogens is 316 g/mol. The second kappa shape index (κ2) is 6.64. The van der Waals surface area contributed by atoms with Gasteiger partial charge in [-0.25, -0.2) is 0 Å². The van der Waals surface area contributed by atoms with E-state index in [1.807, 2.05) is 5.57 Å². The minimum Gasteiger partial charge on any atom is -0.378 e. The highest BCUT2D eigenvalue weighted by Crippen LogP contribution is 2.56. The summed E-state index contributed by atoms with van der Waals surface area (Å²) in [6.07, 6.45) is 13.0. The van der Waals surface area contributed by atoms with E-state index in [1.54, 1.807) is 0 Å². The van der Waals surface area contributed by atoms with Gasteiger partial charge >= 0.3 is 0 Å². The van der Waals surface area contributed by atoms with Gasteiger partial charge < -0.3 is 4.74 Å². The maximum atomic E-state index is 6.53. The smallest absolute Gasteiger partial charge is 0.0609 e. The van der Waals surface area contributed by atoms with Crippen LogP contribution >= 0.6 is 0 Å². The fourth-order valence-electron chi connectivity index (χ4n) is 7.11. The molecule has 1 aliphatic heterocycles. The molecule has 0 aromatic rings. The molecule has 0 spiro atoms. The van der Waals surface area contributed by atoms with Gasteiger partial charge in [0.25, 0.3) is 0 Å². The molecule has 4 rings (SSSR count). The zero-order valence-corrected chi connectivity index (χ0v) is 18.2. The van der Waals surface area contributed by atoms with Crippen LogP contribution in [0.5, 0.6) is 0 Å². The van der Waals surface area contributed by atoms with Crippen LogP contribution < -0.4 is 0 Å². The Morgan fingerprint density at radius 2 is 1.73 bits per heavy atom. The lowest BCUT2D eigenvalue weighted by molar-refractivity contribution is -0.0965. The highest BCUT2D eigenvalue weighted by molar-refractivity contribution is 5.19. The minimum atomic E-state index is 0.461. The molecule has 3 fully saturated rings. The molecule has 1 heterocycles. The molecule has 1 heteroatoms. The highest BCUT2D eigenvalue weighted by atomic mass is 16.5. The summed E-state index contributed by atoms with van der Waals surface area (Å²) in [5.74, 6) is 5.20. The van der Waals surface area contributed by atoms with Gasteiger partial charge in [0, 0.05) is 0 Å². The summed E-state index contributed by atoms with van der Waals surface area (Å²) >= 11 is 0. The van der Waals surface area contributed by atoms with Gasteiger partial charge in [0.1, 0.15) is 0 Å².